The van der Waals surface area contributed by atoms with Gasteiger partial charge in [0.1, 0.15) is 23.0 Å². The van der Waals surface area contributed by atoms with Crippen LogP contribution in [0.3, 0.4) is 0 Å². The molecular formula is C38H47N3O3. The van der Waals surface area contributed by atoms with Crippen molar-refractivity contribution >= 4 is 33.5 Å². The minimum absolute atomic E-state index is 0.0989. The van der Waals surface area contributed by atoms with Crippen molar-refractivity contribution in [3.05, 3.63) is 100.0 Å². The van der Waals surface area contributed by atoms with Gasteiger partial charge >= 0.3 is 0 Å². The summed E-state index contributed by atoms with van der Waals surface area (Å²) in [4.78, 5) is 35.1. The van der Waals surface area contributed by atoms with Gasteiger partial charge in [0.05, 0.1) is 16.5 Å². The Balaban J connectivity index is 0.000000197. The number of benzene rings is 3. The SMILES string of the molecule is CC.CC(=O)c1cccc2c(=O)c(C)c(-c3ccccc3)oc12.CC1CCCCC1.Cc1nc(N(C)C)c2ccccc2n1. The second-order valence-corrected chi connectivity index (χ2v) is 11.2. The molecule has 0 N–H and O–H groups in total. The van der Waals surface area contributed by atoms with E-state index in [0.717, 1.165) is 34.0 Å². The summed E-state index contributed by atoms with van der Waals surface area (Å²) in [7, 11) is 3.99. The molecule has 2 aromatic heterocycles. The second-order valence-electron chi connectivity index (χ2n) is 11.2. The van der Waals surface area contributed by atoms with Crippen LogP contribution < -0.4 is 10.3 Å². The van der Waals surface area contributed by atoms with Crippen LogP contribution in [0.4, 0.5) is 5.82 Å². The van der Waals surface area contributed by atoms with Gasteiger partial charge in [-0.3, -0.25) is 9.59 Å². The topological polar surface area (TPSA) is 76.3 Å². The van der Waals surface area contributed by atoms with Gasteiger partial charge in [-0.1, -0.05) is 101 Å². The third kappa shape index (κ3) is 8.62. The molecule has 6 nitrogen and oxygen atoms in total. The van der Waals surface area contributed by atoms with E-state index in [1.54, 1.807) is 25.1 Å². The molecule has 2 heterocycles. The summed E-state index contributed by atoms with van der Waals surface area (Å²) in [6, 6.07) is 22.6. The number of aromatic nitrogens is 2. The van der Waals surface area contributed by atoms with Crippen molar-refractivity contribution in [2.45, 2.75) is 73.6 Å². The van der Waals surface area contributed by atoms with Crippen LogP contribution in [0.15, 0.2) is 82.0 Å². The van der Waals surface area contributed by atoms with Crippen molar-refractivity contribution in [3.63, 3.8) is 0 Å². The second kappa shape index (κ2) is 16.5. The molecule has 0 radical (unpaired) electrons. The number of para-hydroxylation sites is 2. The highest BCUT2D eigenvalue weighted by Crippen LogP contribution is 2.27. The van der Waals surface area contributed by atoms with E-state index in [2.05, 4.69) is 16.9 Å². The fraction of sp³-hybridized carbons (Fsp3) is 0.368. The summed E-state index contributed by atoms with van der Waals surface area (Å²) in [6.45, 7) is 11.5. The van der Waals surface area contributed by atoms with Gasteiger partial charge in [-0.05, 0) is 51.0 Å². The highest BCUT2D eigenvalue weighted by molar-refractivity contribution is 6.05. The molecule has 232 valence electrons. The number of hydrogen-bond acceptors (Lipinski definition) is 6. The maximum Gasteiger partial charge on any atom is 0.196 e. The Labute approximate surface area is 262 Å². The van der Waals surface area contributed by atoms with Crippen LogP contribution in [0.2, 0.25) is 0 Å². The third-order valence-corrected chi connectivity index (χ3v) is 7.57. The normalized spacial score (nSPS) is 12.6. The first-order valence-corrected chi connectivity index (χ1v) is 15.7. The summed E-state index contributed by atoms with van der Waals surface area (Å²) in [5.41, 5.74) is 3.07. The van der Waals surface area contributed by atoms with Crippen molar-refractivity contribution in [1.29, 1.82) is 0 Å². The third-order valence-electron chi connectivity index (χ3n) is 7.57. The molecular weight excluding hydrogens is 546 g/mol. The number of anilines is 1. The first kappa shape index (κ1) is 34.2. The smallest absolute Gasteiger partial charge is 0.196 e. The Morgan fingerprint density at radius 3 is 2.02 bits per heavy atom. The van der Waals surface area contributed by atoms with Crippen molar-refractivity contribution in [2.24, 2.45) is 5.92 Å². The first-order chi connectivity index (χ1) is 21.2. The Kier molecular flexibility index (Phi) is 12.8. The van der Waals surface area contributed by atoms with Crippen LogP contribution in [0.1, 0.15) is 81.5 Å². The molecule has 1 aliphatic carbocycles. The molecule has 6 rings (SSSR count). The van der Waals surface area contributed by atoms with Gasteiger partial charge in [0.25, 0.3) is 0 Å². The molecule has 5 aromatic rings. The van der Waals surface area contributed by atoms with Crippen molar-refractivity contribution in [2.75, 3.05) is 19.0 Å². The Bertz CT molecular complexity index is 1720. The summed E-state index contributed by atoms with van der Waals surface area (Å²) in [5, 5.41) is 1.54. The number of hydrogen-bond donors (Lipinski definition) is 0. The monoisotopic (exact) mass is 593 g/mol. The molecule has 1 fully saturated rings. The van der Waals surface area contributed by atoms with Crippen molar-refractivity contribution in [1.82, 2.24) is 9.97 Å². The minimum Gasteiger partial charge on any atom is -0.455 e. The molecule has 0 unspecified atom stereocenters. The summed E-state index contributed by atoms with van der Waals surface area (Å²) >= 11 is 0. The van der Waals surface area contributed by atoms with Crippen LogP contribution in [-0.4, -0.2) is 29.8 Å². The number of fused-ring (bicyclic) bond motifs is 2. The number of nitrogens with zero attached hydrogens (tertiary/aromatic N) is 3. The fourth-order valence-electron chi connectivity index (χ4n) is 5.27. The van der Waals surface area contributed by atoms with Gasteiger partial charge in [0.2, 0.25) is 0 Å². The molecule has 0 atom stereocenters. The summed E-state index contributed by atoms with van der Waals surface area (Å²) in [6.07, 6.45) is 7.44. The zero-order valence-electron chi connectivity index (χ0n) is 27.6. The van der Waals surface area contributed by atoms with Crippen LogP contribution in [-0.2, 0) is 0 Å². The molecule has 1 saturated carbocycles. The number of carbonyl (C=O) groups is 1. The number of ketones is 1. The van der Waals surface area contributed by atoms with Gasteiger partial charge in [-0.15, -0.1) is 0 Å². The van der Waals surface area contributed by atoms with E-state index < -0.39 is 0 Å². The summed E-state index contributed by atoms with van der Waals surface area (Å²) in [5.74, 6) is 3.22. The van der Waals surface area contributed by atoms with Gasteiger partial charge in [0, 0.05) is 30.6 Å². The van der Waals surface area contributed by atoms with Crippen LogP contribution in [0, 0.1) is 19.8 Å². The maximum atomic E-state index is 12.5. The van der Waals surface area contributed by atoms with Crippen LogP contribution in [0.5, 0.6) is 0 Å². The van der Waals surface area contributed by atoms with Gasteiger partial charge < -0.3 is 9.32 Å². The zero-order chi connectivity index (χ0) is 32.2. The predicted octanol–water partition coefficient (Wildman–Crippen LogP) is 9.59. The maximum absolute atomic E-state index is 12.5. The predicted molar refractivity (Wildman–Crippen MR) is 185 cm³/mol. The van der Waals surface area contributed by atoms with Gasteiger partial charge in [-0.2, -0.15) is 0 Å². The van der Waals surface area contributed by atoms with E-state index in [9.17, 15) is 9.59 Å². The Hall–Kier alpha value is -4.32. The molecule has 1 aliphatic rings. The number of Topliss-reactive ketones (excluding diaryl/α,β-unsaturated/α-hetero) is 1. The zero-order valence-corrected chi connectivity index (χ0v) is 27.6. The largest absolute Gasteiger partial charge is 0.455 e. The highest BCUT2D eigenvalue weighted by Gasteiger charge is 2.16. The molecule has 0 saturated heterocycles. The van der Waals surface area contributed by atoms with Crippen molar-refractivity contribution < 1.29 is 9.21 Å². The number of rotatable bonds is 3. The van der Waals surface area contributed by atoms with Crippen molar-refractivity contribution in [3.8, 4) is 11.3 Å². The lowest BCUT2D eigenvalue weighted by Gasteiger charge is -2.15. The van der Waals surface area contributed by atoms with E-state index in [4.69, 9.17) is 4.42 Å². The molecule has 6 heteroatoms. The Morgan fingerprint density at radius 1 is 0.818 bits per heavy atom. The average molecular weight is 594 g/mol. The lowest BCUT2D eigenvalue weighted by atomic mass is 9.91. The highest BCUT2D eigenvalue weighted by atomic mass is 16.3. The van der Waals surface area contributed by atoms with Gasteiger partial charge in [-0.25, -0.2) is 9.97 Å². The standard InChI is InChI=1S/C18H14O3.C11H13N3.C7H14.C2H6/c1-11-16(20)15-10-6-9-14(12(2)19)18(15)21-17(11)13-7-4-3-5-8-13;1-8-12-10-7-5-4-6-9(10)11(13-8)14(2)3;1-7-5-3-2-4-6-7;1-2/h3-10H,1-2H3;4-7H,1-3H3;7H,2-6H2,1H3;1-2H3. The van der Waals surface area contributed by atoms with E-state index in [-0.39, 0.29) is 11.2 Å². The number of aryl methyl sites for hydroxylation is 1. The lowest BCUT2D eigenvalue weighted by Crippen LogP contribution is -2.12. The minimum atomic E-state index is -0.119. The molecule has 0 aliphatic heterocycles. The molecule has 0 spiro atoms. The molecule has 0 bridgehead atoms. The Morgan fingerprint density at radius 2 is 1.43 bits per heavy atom. The van der Waals surface area contributed by atoms with E-state index in [1.807, 2.05) is 94.4 Å². The van der Waals surface area contributed by atoms with E-state index in [0.29, 0.717) is 27.9 Å². The lowest BCUT2D eigenvalue weighted by molar-refractivity contribution is 0.101. The quantitative estimate of drug-likeness (QED) is 0.194. The van der Waals surface area contributed by atoms with Crippen LogP contribution >= 0.6 is 0 Å². The summed E-state index contributed by atoms with van der Waals surface area (Å²) < 4.78 is 5.93. The molecule has 44 heavy (non-hydrogen) atoms. The average Bonchev–Trinajstić information content (AvgIpc) is 3.04. The van der Waals surface area contributed by atoms with Crippen LogP contribution in [0.25, 0.3) is 33.2 Å². The number of carbonyl (C=O) groups excluding carboxylic acids is 1. The van der Waals surface area contributed by atoms with E-state index in [1.165, 1.54) is 39.0 Å². The molecule has 0 amide bonds. The first-order valence-electron chi connectivity index (χ1n) is 15.7. The molecule has 3 aromatic carbocycles. The fourth-order valence-corrected chi connectivity index (χ4v) is 5.27. The van der Waals surface area contributed by atoms with E-state index >= 15 is 0 Å². The van der Waals surface area contributed by atoms with Gasteiger partial charge in [0.15, 0.2) is 11.2 Å².